The van der Waals surface area contributed by atoms with E-state index < -0.39 is 0 Å². The smallest absolute Gasteiger partial charge is 0.0493 e. The van der Waals surface area contributed by atoms with Crippen LogP contribution in [-0.4, -0.2) is 11.9 Å². The minimum Gasteiger partial charge on any atom is -0.163 e. The van der Waals surface area contributed by atoms with Crippen LogP contribution in [0.5, 0.6) is 0 Å². The second kappa shape index (κ2) is 2.76. The van der Waals surface area contributed by atoms with Gasteiger partial charge in [-0.3, -0.25) is 0 Å². The number of hydrogen-bond acceptors (Lipinski definition) is 2. The minimum atomic E-state index is 0.273. The summed E-state index contributed by atoms with van der Waals surface area (Å²) in [6.07, 6.45) is 2.97. The zero-order chi connectivity index (χ0) is 8.48. The lowest BCUT2D eigenvalue weighted by Crippen LogP contribution is -2.27. The lowest BCUT2D eigenvalue weighted by Gasteiger charge is -2.25. The third-order valence-corrected chi connectivity index (χ3v) is 2.06. The topological polar surface area (TPSA) is 24.7 Å². The van der Waals surface area contributed by atoms with Gasteiger partial charge in [-0.1, -0.05) is 27.7 Å². The van der Waals surface area contributed by atoms with E-state index in [-0.39, 0.29) is 5.41 Å². The van der Waals surface area contributed by atoms with Crippen LogP contribution in [0.25, 0.3) is 0 Å². The molecule has 1 aliphatic heterocycles. The Morgan fingerprint density at radius 1 is 1.45 bits per heavy atom. The van der Waals surface area contributed by atoms with Gasteiger partial charge in [0.05, 0.1) is 0 Å². The fraction of sp³-hybridized carbons (Fsp3) is 0.778. The summed E-state index contributed by atoms with van der Waals surface area (Å²) >= 11 is 0. The lowest BCUT2D eigenvalue weighted by atomic mass is 9.78. The van der Waals surface area contributed by atoms with Crippen LogP contribution in [0.2, 0.25) is 0 Å². The molecule has 2 heteroatoms. The van der Waals surface area contributed by atoms with Crippen molar-refractivity contribution in [2.75, 3.05) is 0 Å². The van der Waals surface area contributed by atoms with E-state index in [1.165, 1.54) is 5.71 Å². The molecule has 0 saturated heterocycles. The van der Waals surface area contributed by atoms with Gasteiger partial charge in [-0.2, -0.15) is 10.2 Å². The van der Waals surface area contributed by atoms with Crippen molar-refractivity contribution in [3.05, 3.63) is 0 Å². The van der Waals surface area contributed by atoms with Crippen molar-refractivity contribution >= 4 is 11.9 Å². The van der Waals surface area contributed by atoms with E-state index in [4.69, 9.17) is 0 Å². The molecule has 0 radical (unpaired) electrons. The summed E-state index contributed by atoms with van der Waals surface area (Å²) in [5.41, 5.74) is 1.49. The van der Waals surface area contributed by atoms with E-state index in [1.807, 2.05) is 6.21 Å². The molecule has 1 heterocycles. The van der Waals surface area contributed by atoms with Crippen molar-refractivity contribution in [1.29, 1.82) is 0 Å². The van der Waals surface area contributed by atoms with Gasteiger partial charge in [-0.05, 0) is 11.8 Å². The molecule has 0 aromatic carbocycles. The fourth-order valence-electron chi connectivity index (χ4n) is 1.34. The molecule has 0 amide bonds. The van der Waals surface area contributed by atoms with Crippen LogP contribution in [0.15, 0.2) is 10.2 Å². The highest BCUT2D eigenvalue weighted by atomic mass is 15.2. The molecule has 0 fully saturated rings. The third-order valence-electron chi connectivity index (χ3n) is 2.06. The highest BCUT2D eigenvalue weighted by molar-refractivity contribution is 6.01. The van der Waals surface area contributed by atoms with Crippen LogP contribution in [-0.2, 0) is 0 Å². The Morgan fingerprint density at radius 2 is 2.09 bits per heavy atom. The Hall–Kier alpha value is -0.660. The Morgan fingerprint density at radius 3 is 2.45 bits per heavy atom. The maximum atomic E-state index is 4.09. The van der Waals surface area contributed by atoms with Gasteiger partial charge >= 0.3 is 0 Å². The van der Waals surface area contributed by atoms with E-state index in [2.05, 4.69) is 37.9 Å². The predicted molar refractivity (Wildman–Crippen MR) is 49.2 cm³/mol. The summed E-state index contributed by atoms with van der Waals surface area (Å²) in [5, 5.41) is 8.03. The molecule has 62 valence electrons. The van der Waals surface area contributed by atoms with Crippen LogP contribution >= 0.6 is 0 Å². The van der Waals surface area contributed by atoms with Crippen LogP contribution < -0.4 is 0 Å². The molecule has 0 aliphatic carbocycles. The number of nitrogens with zero attached hydrogens (tertiary/aromatic N) is 2. The number of rotatable bonds is 1. The van der Waals surface area contributed by atoms with Crippen LogP contribution in [0, 0.1) is 11.3 Å². The lowest BCUT2D eigenvalue weighted by molar-refractivity contribution is 0.383. The molecule has 0 bridgehead atoms. The second-order valence-corrected chi connectivity index (χ2v) is 4.05. The molecule has 2 nitrogen and oxygen atoms in total. The largest absolute Gasteiger partial charge is 0.163 e. The quantitative estimate of drug-likeness (QED) is 0.551. The Kier molecular flexibility index (Phi) is 2.12. The molecule has 1 aliphatic rings. The number of hydrogen-bond donors (Lipinski definition) is 0. The molecule has 0 aromatic rings. The molecule has 0 saturated carbocycles. The molecule has 0 spiro atoms. The van der Waals surface area contributed by atoms with Crippen molar-refractivity contribution in [2.45, 2.75) is 34.1 Å². The Balaban J connectivity index is 2.75. The van der Waals surface area contributed by atoms with Crippen molar-refractivity contribution in [1.82, 2.24) is 0 Å². The van der Waals surface area contributed by atoms with Gasteiger partial charge < -0.3 is 0 Å². The second-order valence-electron chi connectivity index (χ2n) is 4.05. The van der Waals surface area contributed by atoms with E-state index in [0.717, 1.165) is 6.42 Å². The Bertz CT molecular complexity index is 196. The van der Waals surface area contributed by atoms with Gasteiger partial charge in [-0.15, -0.1) is 0 Å². The average Bonchev–Trinajstić information content (AvgIpc) is 2.31. The molecule has 11 heavy (non-hydrogen) atoms. The first-order chi connectivity index (χ1) is 5.05. The highest BCUT2D eigenvalue weighted by Crippen LogP contribution is 2.29. The first-order valence-electron chi connectivity index (χ1n) is 4.15. The van der Waals surface area contributed by atoms with Crippen molar-refractivity contribution < 1.29 is 0 Å². The van der Waals surface area contributed by atoms with Gasteiger partial charge in [0, 0.05) is 17.8 Å². The molecule has 0 aromatic heterocycles. The summed E-state index contributed by atoms with van der Waals surface area (Å²) in [6, 6.07) is 0. The maximum Gasteiger partial charge on any atom is 0.0493 e. The predicted octanol–water partition coefficient (Wildman–Crippen LogP) is 2.50. The maximum absolute atomic E-state index is 4.09. The molecule has 0 N–H and O–H groups in total. The fourth-order valence-corrected chi connectivity index (χ4v) is 1.34. The van der Waals surface area contributed by atoms with Crippen LogP contribution in [0.4, 0.5) is 0 Å². The molecule has 1 unspecified atom stereocenters. The summed E-state index contributed by atoms with van der Waals surface area (Å²) in [4.78, 5) is 0. The molecule has 1 atom stereocenters. The molecular formula is C9H16N2. The summed E-state index contributed by atoms with van der Waals surface area (Å²) in [5.74, 6) is 0.451. The van der Waals surface area contributed by atoms with Gasteiger partial charge in [0.2, 0.25) is 0 Å². The SMILES string of the molecule is CCC1=NN=CC1C(C)(C)C. The van der Waals surface area contributed by atoms with E-state index in [1.54, 1.807) is 0 Å². The van der Waals surface area contributed by atoms with Crippen LogP contribution in [0.3, 0.4) is 0 Å². The van der Waals surface area contributed by atoms with Gasteiger partial charge in [0.25, 0.3) is 0 Å². The van der Waals surface area contributed by atoms with Gasteiger partial charge in [0.15, 0.2) is 0 Å². The first kappa shape index (κ1) is 8.44. The average molecular weight is 152 g/mol. The summed E-state index contributed by atoms with van der Waals surface area (Å²) in [7, 11) is 0. The zero-order valence-electron chi connectivity index (χ0n) is 7.76. The van der Waals surface area contributed by atoms with E-state index in [9.17, 15) is 0 Å². The molecular weight excluding hydrogens is 136 g/mol. The normalized spacial score (nSPS) is 24.0. The van der Waals surface area contributed by atoms with Crippen molar-refractivity contribution in [3.63, 3.8) is 0 Å². The summed E-state index contributed by atoms with van der Waals surface area (Å²) < 4.78 is 0. The third kappa shape index (κ3) is 1.67. The zero-order valence-corrected chi connectivity index (χ0v) is 7.76. The van der Waals surface area contributed by atoms with Crippen molar-refractivity contribution in [2.24, 2.45) is 21.5 Å². The monoisotopic (exact) mass is 152 g/mol. The molecule has 1 rings (SSSR count). The summed E-state index contributed by atoms with van der Waals surface area (Å²) in [6.45, 7) is 8.80. The highest BCUT2D eigenvalue weighted by Gasteiger charge is 2.29. The standard InChI is InChI=1S/C9H16N2/c1-5-8-7(6-10-11-8)9(2,3)4/h6-7H,5H2,1-4H3. The van der Waals surface area contributed by atoms with E-state index in [0.29, 0.717) is 5.92 Å². The van der Waals surface area contributed by atoms with Gasteiger partial charge in [0.1, 0.15) is 0 Å². The minimum absolute atomic E-state index is 0.273. The Labute approximate surface area is 68.4 Å². The van der Waals surface area contributed by atoms with Gasteiger partial charge in [-0.25, -0.2) is 0 Å². The van der Waals surface area contributed by atoms with Crippen LogP contribution in [0.1, 0.15) is 34.1 Å². The first-order valence-corrected chi connectivity index (χ1v) is 4.15. The van der Waals surface area contributed by atoms with E-state index >= 15 is 0 Å². The van der Waals surface area contributed by atoms with Crippen molar-refractivity contribution in [3.8, 4) is 0 Å².